The summed E-state index contributed by atoms with van der Waals surface area (Å²) in [5, 5.41) is 3.57. The number of para-hydroxylation sites is 1. The molecule has 1 aliphatic heterocycles. The van der Waals surface area contributed by atoms with E-state index >= 15 is 0 Å². The van der Waals surface area contributed by atoms with Crippen LogP contribution in [0.15, 0.2) is 54.6 Å². The topological polar surface area (TPSA) is 21.3 Å². The minimum absolute atomic E-state index is 0. The largest absolute Gasteiger partial charge is 0.457 e. The third kappa shape index (κ3) is 3.75. The Balaban J connectivity index is 0.00000147. The summed E-state index contributed by atoms with van der Waals surface area (Å²) in [5.74, 6) is 1.80. The predicted molar refractivity (Wildman–Crippen MR) is 84.8 cm³/mol. The molecule has 20 heavy (non-hydrogen) atoms. The van der Waals surface area contributed by atoms with Gasteiger partial charge in [0.05, 0.1) is 0 Å². The summed E-state index contributed by atoms with van der Waals surface area (Å²) in [6, 6.07) is 18.8. The molecule has 0 aliphatic carbocycles. The first-order chi connectivity index (χ1) is 9.42. The second kappa shape index (κ2) is 7.32. The van der Waals surface area contributed by atoms with E-state index in [1.54, 1.807) is 0 Å². The van der Waals surface area contributed by atoms with Crippen molar-refractivity contribution in [1.82, 2.24) is 5.32 Å². The molecule has 1 saturated heterocycles. The Labute approximate surface area is 126 Å². The number of nitrogens with one attached hydrogen (secondary N) is 1. The van der Waals surface area contributed by atoms with Gasteiger partial charge in [-0.1, -0.05) is 36.8 Å². The van der Waals surface area contributed by atoms with E-state index in [9.17, 15) is 0 Å². The predicted octanol–water partition coefficient (Wildman–Crippen LogP) is 4.72. The van der Waals surface area contributed by atoms with Gasteiger partial charge in [-0.25, -0.2) is 0 Å². The third-order valence-electron chi connectivity index (χ3n) is 3.55. The molecule has 0 radical (unpaired) electrons. The standard InChI is InChI=1S/C17H19NO.ClH/c1-2-8-15(9-3-1)19-16-10-6-7-14(13-16)17-11-4-5-12-18-17;/h1-3,6-10,13,17-18H,4-5,11-12H2;1H/t17-;/m0./s1. The third-order valence-corrected chi connectivity index (χ3v) is 3.55. The summed E-state index contributed by atoms with van der Waals surface area (Å²) >= 11 is 0. The Kier molecular flexibility index (Phi) is 5.45. The van der Waals surface area contributed by atoms with Crippen molar-refractivity contribution < 1.29 is 4.74 Å². The average molecular weight is 290 g/mol. The zero-order chi connectivity index (χ0) is 12.9. The molecular formula is C17H20ClNO. The highest BCUT2D eigenvalue weighted by Crippen LogP contribution is 2.28. The number of hydrogen-bond acceptors (Lipinski definition) is 2. The molecule has 2 nitrogen and oxygen atoms in total. The number of piperidine rings is 1. The smallest absolute Gasteiger partial charge is 0.127 e. The van der Waals surface area contributed by atoms with Gasteiger partial charge in [0.2, 0.25) is 0 Å². The first kappa shape index (κ1) is 14.9. The van der Waals surface area contributed by atoms with Crippen LogP contribution in [0.3, 0.4) is 0 Å². The molecule has 106 valence electrons. The van der Waals surface area contributed by atoms with Gasteiger partial charge in [0.1, 0.15) is 11.5 Å². The van der Waals surface area contributed by atoms with Crippen LogP contribution in [-0.2, 0) is 0 Å². The first-order valence-electron chi connectivity index (χ1n) is 6.98. The van der Waals surface area contributed by atoms with E-state index in [0.29, 0.717) is 6.04 Å². The number of rotatable bonds is 3. The minimum Gasteiger partial charge on any atom is -0.457 e. The molecule has 1 N–H and O–H groups in total. The van der Waals surface area contributed by atoms with Crippen LogP contribution in [0.4, 0.5) is 0 Å². The van der Waals surface area contributed by atoms with Crippen LogP contribution in [0.1, 0.15) is 30.9 Å². The van der Waals surface area contributed by atoms with Gasteiger partial charge >= 0.3 is 0 Å². The molecule has 1 aliphatic rings. The molecule has 0 unspecified atom stereocenters. The van der Waals surface area contributed by atoms with Gasteiger partial charge < -0.3 is 10.1 Å². The quantitative estimate of drug-likeness (QED) is 0.883. The number of ether oxygens (including phenoxy) is 1. The van der Waals surface area contributed by atoms with Crippen molar-refractivity contribution in [3.05, 3.63) is 60.2 Å². The lowest BCUT2D eigenvalue weighted by molar-refractivity contribution is 0.410. The van der Waals surface area contributed by atoms with Crippen LogP contribution in [0, 0.1) is 0 Å². The highest BCUT2D eigenvalue weighted by molar-refractivity contribution is 5.85. The maximum atomic E-state index is 5.88. The van der Waals surface area contributed by atoms with E-state index in [0.717, 1.165) is 18.0 Å². The molecule has 3 heteroatoms. The van der Waals surface area contributed by atoms with Gasteiger partial charge in [0.15, 0.2) is 0 Å². The van der Waals surface area contributed by atoms with Crippen molar-refractivity contribution in [2.75, 3.05) is 6.54 Å². The van der Waals surface area contributed by atoms with E-state index in [1.165, 1.54) is 24.8 Å². The van der Waals surface area contributed by atoms with Crippen molar-refractivity contribution in [1.29, 1.82) is 0 Å². The molecule has 1 atom stereocenters. The lowest BCUT2D eigenvalue weighted by Crippen LogP contribution is -2.26. The summed E-state index contributed by atoms with van der Waals surface area (Å²) in [6.45, 7) is 1.12. The van der Waals surface area contributed by atoms with Crippen molar-refractivity contribution in [3.63, 3.8) is 0 Å². The van der Waals surface area contributed by atoms with Gasteiger partial charge in [0, 0.05) is 6.04 Å². The summed E-state index contributed by atoms with van der Waals surface area (Å²) in [4.78, 5) is 0. The molecule has 2 aromatic rings. The molecule has 1 fully saturated rings. The Bertz CT molecular complexity index is 524. The molecule has 3 rings (SSSR count). The van der Waals surface area contributed by atoms with E-state index < -0.39 is 0 Å². The molecule has 0 aromatic heterocycles. The second-order valence-corrected chi connectivity index (χ2v) is 4.99. The summed E-state index contributed by atoms with van der Waals surface area (Å²) in [5.41, 5.74) is 1.33. The Morgan fingerprint density at radius 3 is 2.45 bits per heavy atom. The summed E-state index contributed by atoms with van der Waals surface area (Å²) < 4.78 is 5.88. The fourth-order valence-electron chi connectivity index (χ4n) is 2.56. The van der Waals surface area contributed by atoms with Crippen LogP contribution < -0.4 is 10.1 Å². The van der Waals surface area contributed by atoms with E-state index in [-0.39, 0.29) is 12.4 Å². The number of halogens is 1. The molecule has 0 amide bonds. The average Bonchev–Trinajstić information content (AvgIpc) is 2.49. The van der Waals surface area contributed by atoms with Crippen molar-refractivity contribution in [2.45, 2.75) is 25.3 Å². The van der Waals surface area contributed by atoms with Gasteiger partial charge in [0.25, 0.3) is 0 Å². The first-order valence-corrected chi connectivity index (χ1v) is 6.98. The van der Waals surface area contributed by atoms with Gasteiger partial charge in [-0.3, -0.25) is 0 Å². The molecule has 0 spiro atoms. The second-order valence-electron chi connectivity index (χ2n) is 4.99. The zero-order valence-corrected chi connectivity index (χ0v) is 12.2. The molecular weight excluding hydrogens is 270 g/mol. The van der Waals surface area contributed by atoms with Crippen molar-refractivity contribution >= 4 is 12.4 Å². The SMILES string of the molecule is Cl.c1ccc(Oc2cccc([C@@H]3CCCCN3)c2)cc1. The van der Waals surface area contributed by atoms with Crippen LogP contribution in [0.25, 0.3) is 0 Å². The number of benzene rings is 2. The van der Waals surface area contributed by atoms with Gasteiger partial charge in [-0.05, 0) is 49.2 Å². The summed E-state index contributed by atoms with van der Waals surface area (Å²) in [7, 11) is 0. The van der Waals surface area contributed by atoms with E-state index in [4.69, 9.17) is 4.74 Å². The fourth-order valence-corrected chi connectivity index (χ4v) is 2.56. The Morgan fingerprint density at radius 1 is 0.900 bits per heavy atom. The zero-order valence-electron chi connectivity index (χ0n) is 11.4. The van der Waals surface area contributed by atoms with Crippen LogP contribution in [-0.4, -0.2) is 6.54 Å². The van der Waals surface area contributed by atoms with Gasteiger partial charge in [-0.15, -0.1) is 12.4 Å². The molecule has 2 aromatic carbocycles. The Morgan fingerprint density at radius 2 is 1.70 bits per heavy atom. The molecule has 0 bridgehead atoms. The lowest BCUT2D eigenvalue weighted by Gasteiger charge is -2.24. The highest BCUT2D eigenvalue weighted by Gasteiger charge is 2.14. The van der Waals surface area contributed by atoms with Crippen molar-refractivity contribution in [3.8, 4) is 11.5 Å². The summed E-state index contributed by atoms with van der Waals surface area (Å²) in [6.07, 6.45) is 3.81. The van der Waals surface area contributed by atoms with Crippen LogP contribution in [0.2, 0.25) is 0 Å². The minimum atomic E-state index is 0. The molecule has 0 saturated carbocycles. The normalized spacial score (nSPS) is 18.1. The van der Waals surface area contributed by atoms with Gasteiger partial charge in [-0.2, -0.15) is 0 Å². The fraction of sp³-hybridized carbons (Fsp3) is 0.294. The van der Waals surface area contributed by atoms with E-state index in [2.05, 4.69) is 23.5 Å². The van der Waals surface area contributed by atoms with E-state index in [1.807, 2.05) is 36.4 Å². The Hall–Kier alpha value is -1.51. The van der Waals surface area contributed by atoms with Crippen molar-refractivity contribution in [2.24, 2.45) is 0 Å². The van der Waals surface area contributed by atoms with Crippen LogP contribution >= 0.6 is 12.4 Å². The van der Waals surface area contributed by atoms with Crippen LogP contribution in [0.5, 0.6) is 11.5 Å². The monoisotopic (exact) mass is 289 g/mol. The lowest BCUT2D eigenvalue weighted by atomic mass is 9.97. The maximum Gasteiger partial charge on any atom is 0.127 e. The highest BCUT2D eigenvalue weighted by atomic mass is 35.5. The maximum absolute atomic E-state index is 5.88. The number of hydrogen-bond donors (Lipinski definition) is 1. The molecule has 1 heterocycles.